The van der Waals surface area contributed by atoms with Gasteiger partial charge >= 0.3 is 0 Å². The van der Waals surface area contributed by atoms with Crippen LogP contribution in [0.3, 0.4) is 0 Å². The first-order valence-corrected chi connectivity index (χ1v) is 9.05. The summed E-state index contributed by atoms with van der Waals surface area (Å²) in [5, 5.41) is 0. The largest absolute Gasteiger partial charge is 0.146 e. The van der Waals surface area contributed by atoms with Gasteiger partial charge in [-0.15, -0.1) is 0 Å². The highest BCUT2D eigenvalue weighted by Gasteiger charge is 2.58. The third kappa shape index (κ3) is 2.20. The first-order chi connectivity index (χ1) is 9.05. The van der Waals surface area contributed by atoms with Gasteiger partial charge < -0.3 is 0 Å². The average molecular weight is 260 g/mol. The maximum absolute atomic E-state index is 2.56. The quantitative estimate of drug-likeness (QED) is 0.553. The van der Waals surface area contributed by atoms with Crippen LogP contribution in [0.5, 0.6) is 0 Å². The van der Waals surface area contributed by atoms with Gasteiger partial charge in [-0.1, -0.05) is 84.2 Å². The van der Waals surface area contributed by atoms with E-state index in [1.807, 2.05) is 0 Å². The lowest BCUT2D eigenvalue weighted by Gasteiger charge is -2.64. The van der Waals surface area contributed by atoms with Gasteiger partial charge in [0.25, 0.3) is 0 Å². The molecule has 4 rings (SSSR count). The summed E-state index contributed by atoms with van der Waals surface area (Å²) >= 11 is 0. The first-order valence-electron chi connectivity index (χ1n) is 9.05. The van der Waals surface area contributed by atoms with Gasteiger partial charge in [-0.3, -0.25) is 0 Å². The van der Waals surface area contributed by atoms with Crippen molar-refractivity contribution in [1.82, 2.24) is 0 Å². The van der Waals surface area contributed by atoms with Crippen molar-refractivity contribution < 1.29 is 0 Å². The van der Waals surface area contributed by atoms with Gasteiger partial charge in [-0.2, -0.15) is 0 Å². The van der Waals surface area contributed by atoms with Crippen LogP contribution in [0, 0.1) is 23.2 Å². The third-order valence-corrected chi connectivity index (χ3v) is 7.52. The Morgan fingerprint density at radius 1 is 1.16 bits per heavy atom. The molecule has 3 saturated carbocycles. The molecule has 0 nitrogen and oxygen atoms in total. The van der Waals surface area contributed by atoms with E-state index in [1.165, 1.54) is 32.1 Å². The van der Waals surface area contributed by atoms with Crippen molar-refractivity contribution in [3.63, 3.8) is 0 Å². The lowest BCUT2D eigenvalue weighted by molar-refractivity contribution is -0.107. The molecule has 4 fully saturated rings. The predicted molar refractivity (Wildman–Crippen MR) is 86.0 cm³/mol. The smallest absolute Gasteiger partial charge is 0.0737 e. The second-order valence-corrected chi connectivity index (χ2v) is 8.64. The molecule has 0 aromatic rings. The molecule has 19 heavy (non-hydrogen) atoms. The summed E-state index contributed by atoms with van der Waals surface area (Å²) in [7, 11) is 0. The predicted octanol–water partition coefficient (Wildman–Crippen LogP) is 5.91. The summed E-state index contributed by atoms with van der Waals surface area (Å²) in [5.74, 6) is 5.29. The molecular formula is C18H33B. The van der Waals surface area contributed by atoms with Crippen molar-refractivity contribution in [3.8, 4) is 0 Å². The number of rotatable bonds is 3. The van der Waals surface area contributed by atoms with Crippen molar-refractivity contribution in [2.75, 3.05) is 0 Å². The molecule has 3 aliphatic carbocycles. The van der Waals surface area contributed by atoms with Crippen LogP contribution in [0.15, 0.2) is 0 Å². The highest BCUT2D eigenvalue weighted by molar-refractivity contribution is 6.62. The minimum Gasteiger partial charge on any atom is -0.0737 e. The molecule has 0 spiro atoms. The van der Waals surface area contributed by atoms with Crippen molar-refractivity contribution in [2.24, 2.45) is 23.2 Å². The van der Waals surface area contributed by atoms with Crippen LogP contribution in [-0.2, 0) is 0 Å². The van der Waals surface area contributed by atoms with Gasteiger partial charge in [-0.25, -0.2) is 0 Å². The Kier molecular flexibility index (Phi) is 3.78. The van der Waals surface area contributed by atoms with E-state index in [1.54, 1.807) is 19.2 Å². The summed E-state index contributed by atoms with van der Waals surface area (Å²) in [6, 6.07) is 0. The summed E-state index contributed by atoms with van der Waals surface area (Å²) in [4.78, 5) is 0. The fourth-order valence-corrected chi connectivity index (χ4v) is 6.21. The monoisotopic (exact) mass is 260 g/mol. The first kappa shape index (κ1) is 14.0. The number of fused-ring (bicyclic) bond motifs is 2. The van der Waals surface area contributed by atoms with Gasteiger partial charge in [0, 0.05) is 0 Å². The Morgan fingerprint density at radius 3 is 2.58 bits per heavy atom. The summed E-state index contributed by atoms with van der Waals surface area (Å²) in [6.45, 7) is 11.2. The van der Waals surface area contributed by atoms with Crippen LogP contribution in [-0.4, -0.2) is 6.71 Å². The minimum atomic E-state index is 0.675. The SMILES string of the molecule is CCCC1[C@H]2C[C@@H](C[C@H]1B1CCCCC1C)C2(C)C. The Hall–Kier alpha value is 0.0649. The van der Waals surface area contributed by atoms with Crippen LogP contribution < -0.4 is 0 Å². The Morgan fingerprint density at radius 2 is 1.95 bits per heavy atom. The zero-order valence-corrected chi connectivity index (χ0v) is 13.6. The number of hydrogen-bond acceptors (Lipinski definition) is 0. The summed E-state index contributed by atoms with van der Waals surface area (Å²) in [6.07, 6.45) is 12.1. The topological polar surface area (TPSA) is 0 Å². The summed E-state index contributed by atoms with van der Waals surface area (Å²) in [5.41, 5.74) is 0.675. The molecule has 0 N–H and O–H groups in total. The standard InChI is InChI=1S/C18H33B/c1-5-8-15-16-11-14(18(16,3)4)12-17(15)19-10-7-6-9-13(19)2/h13-17H,5-12H2,1-4H3/t13?,14-,15?,16+,17+/m0/s1. The zero-order valence-electron chi connectivity index (χ0n) is 13.6. The zero-order chi connectivity index (χ0) is 13.6. The lowest BCUT2D eigenvalue weighted by Crippen LogP contribution is -2.57. The Labute approximate surface area is 121 Å². The maximum atomic E-state index is 2.56. The second-order valence-electron chi connectivity index (χ2n) is 8.64. The third-order valence-electron chi connectivity index (χ3n) is 7.52. The number of hydrogen-bond donors (Lipinski definition) is 0. The highest BCUT2D eigenvalue weighted by Crippen LogP contribution is 2.67. The van der Waals surface area contributed by atoms with E-state index >= 15 is 0 Å². The van der Waals surface area contributed by atoms with E-state index in [9.17, 15) is 0 Å². The van der Waals surface area contributed by atoms with Crippen molar-refractivity contribution in [3.05, 3.63) is 0 Å². The van der Waals surface area contributed by atoms with Gasteiger partial charge in [0.05, 0.1) is 0 Å². The van der Waals surface area contributed by atoms with E-state index in [-0.39, 0.29) is 0 Å². The van der Waals surface area contributed by atoms with Gasteiger partial charge in [0.2, 0.25) is 0 Å². The fourth-order valence-electron chi connectivity index (χ4n) is 6.21. The van der Waals surface area contributed by atoms with Crippen LogP contribution in [0.1, 0.15) is 72.6 Å². The molecule has 1 heterocycles. The van der Waals surface area contributed by atoms with E-state index in [4.69, 9.17) is 0 Å². The van der Waals surface area contributed by atoms with Crippen LogP contribution in [0.4, 0.5) is 0 Å². The van der Waals surface area contributed by atoms with Crippen LogP contribution in [0.2, 0.25) is 18.0 Å². The van der Waals surface area contributed by atoms with E-state index < -0.39 is 0 Å². The Bertz CT molecular complexity index is 322. The molecule has 0 amide bonds. The molecule has 4 aliphatic rings. The molecule has 1 heteroatoms. The average Bonchev–Trinajstić information content (AvgIpc) is 2.39. The molecule has 5 atom stereocenters. The van der Waals surface area contributed by atoms with E-state index in [2.05, 4.69) is 27.7 Å². The molecule has 1 saturated heterocycles. The molecule has 2 bridgehead atoms. The molecular weight excluding hydrogens is 227 g/mol. The lowest BCUT2D eigenvalue weighted by atomic mass is 9.23. The van der Waals surface area contributed by atoms with Crippen LogP contribution in [0.25, 0.3) is 0 Å². The van der Waals surface area contributed by atoms with Gasteiger partial charge in [0.15, 0.2) is 0 Å². The van der Waals surface area contributed by atoms with Crippen molar-refractivity contribution >= 4 is 6.71 Å². The molecule has 0 aromatic carbocycles. The van der Waals surface area contributed by atoms with Crippen LogP contribution >= 0.6 is 0 Å². The molecule has 108 valence electrons. The fraction of sp³-hybridized carbons (Fsp3) is 1.00. The molecule has 2 unspecified atom stereocenters. The van der Waals surface area contributed by atoms with Gasteiger partial charge in [0.1, 0.15) is 6.71 Å². The molecule has 1 aliphatic heterocycles. The maximum Gasteiger partial charge on any atom is 0.146 e. The van der Waals surface area contributed by atoms with E-state index in [0.717, 1.165) is 36.1 Å². The minimum absolute atomic E-state index is 0.675. The Balaban J connectivity index is 1.77. The normalized spacial score (nSPS) is 44.8. The van der Waals surface area contributed by atoms with Gasteiger partial charge in [-0.05, 0) is 29.6 Å². The highest BCUT2D eigenvalue weighted by atomic mass is 14.6. The van der Waals surface area contributed by atoms with Crippen molar-refractivity contribution in [1.29, 1.82) is 0 Å². The van der Waals surface area contributed by atoms with E-state index in [0.29, 0.717) is 5.41 Å². The molecule has 0 aromatic heterocycles. The van der Waals surface area contributed by atoms with Crippen molar-refractivity contribution in [2.45, 2.75) is 90.6 Å². The second kappa shape index (κ2) is 5.12. The molecule has 0 radical (unpaired) electrons. The summed E-state index contributed by atoms with van der Waals surface area (Å²) < 4.78 is 0.